The van der Waals surface area contributed by atoms with Crippen molar-refractivity contribution in [1.82, 2.24) is 29.3 Å². The summed E-state index contributed by atoms with van der Waals surface area (Å²) in [5.74, 6) is -0.447. The summed E-state index contributed by atoms with van der Waals surface area (Å²) in [5, 5.41) is 50.4. The molecule has 2 aliphatic heterocycles. The average molecular weight is 1130 g/mol. The second-order valence-electron chi connectivity index (χ2n) is 18.5. The molecule has 0 saturated carbocycles. The zero-order chi connectivity index (χ0) is 55.2. The number of aromatic amines is 2. The first-order valence-electron chi connectivity index (χ1n) is 23.5. The number of aromatic nitrogens is 4. The lowest BCUT2D eigenvalue weighted by atomic mass is 9.96. The van der Waals surface area contributed by atoms with Gasteiger partial charge in [0.15, 0.2) is 12.5 Å². The van der Waals surface area contributed by atoms with Gasteiger partial charge in [0.2, 0.25) is 0 Å². The highest BCUT2D eigenvalue weighted by Gasteiger charge is 2.55. The molecule has 4 aromatic rings. The molecule has 0 aliphatic carbocycles. The van der Waals surface area contributed by atoms with Crippen molar-refractivity contribution >= 4 is 48.8 Å². The van der Waals surface area contributed by atoms with Crippen molar-refractivity contribution in [1.29, 1.82) is 0 Å². The van der Waals surface area contributed by atoms with E-state index in [1.807, 2.05) is 0 Å². The molecule has 2 saturated heterocycles. The molecule has 29 heteroatoms. The molecule has 4 heterocycles. The first kappa shape index (κ1) is 59.3. The van der Waals surface area contributed by atoms with E-state index in [-0.39, 0.29) is 18.8 Å². The Morgan fingerprint density at radius 3 is 1.63 bits per heavy atom. The van der Waals surface area contributed by atoms with Gasteiger partial charge >= 0.3 is 36.6 Å². The van der Waals surface area contributed by atoms with E-state index >= 15 is 0 Å². The third-order valence-corrected chi connectivity index (χ3v) is 16.8. The minimum Gasteiger partial charge on any atom is -0.493 e. The maximum absolute atomic E-state index is 13.5. The SMILES string of the molecule is Cc1ccccc1OP(=S)(N[C@@H](C)C(=O)OC(C)CCOc1ccc(OP(=S)(N[C@@H](C)C(=O)OC(C)C)OC[C@H]2O[C@@H](n3ccc(=O)[nH]c3=O)[C@](C)(O)[C@@H]2O)cc1)OC[C@H]1O[C@@H](n2ccc(=O)[nH]c2=O)[C@](C)(O)[C@@H]1O. The second kappa shape index (κ2) is 24.6. The van der Waals surface area contributed by atoms with Crippen molar-refractivity contribution in [2.45, 2.75) is 134 Å². The number of nitrogens with one attached hydrogen (secondary N) is 4. The van der Waals surface area contributed by atoms with Gasteiger partial charge in [0.05, 0.1) is 25.9 Å². The molecular formula is C46H62N6O19P2S2. The van der Waals surface area contributed by atoms with Crippen LogP contribution in [0.5, 0.6) is 17.2 Å². The Hall–Kier alpha value is -4.96. The highest BCUT2D eigenvalue weighted by Crippen LogP contribution is 2.49. The van der Waals surface area contributed by atoms with Gasteiger partial charge in [0, 0.05) is 30.9 Å². The Morgan fingerprint density at radius 2 is 1.16 bits per heavy atom. The van der Waals surface area contributed by atoms with E-state index in [4.69, 9.17) is 65.4 Å². The number of rotatable bonds is 24. The number of para-hydroxylation sites is 1. The van der Waals surface area contributed by atoms with Crippen LogP contribution in [-0.4, -0.2) is 131 Å². The van der Waals surface area contributed by atoms with Crippen LogP contribution in [0.3, 0.4) is 0 Å². The van der Waals surface area contributed by atoms with Crippen molar-refractivity contribution in [2.24, 2.45) is 0 Å². The lowest BCUT2D eigenvalue weighted by Crippen LogP contribution is -2.47. The molecule has 0 spiro atoms. The Kier molecular flexibility index (Phi) is 19.4. The summed E-state index contributed by atoms with van der Waals surface area (Å²) in [5.41, 5.74) is -6.46. The quantitative estimate of drug-likeness (QED) is 0.0365. The molecule has 0 radical (unpaired) electrons. The largest absolute Gasteiger partial charge is 0.493 e. The number of H-pyrrole nitrogens is 2. The number of aliphatic hydroxyl groups excluding tert-OH is 2. The van der Waals surface area contributed by atoms with E-state index < -0.39 is 133 Å². The molecule has 75 heavy (non-hydrogen) atoms. The van der Waals surface area contributed by atoms with Crippen LogP contribution in [0.1, 0.15) is 72.9 Å². The number of aryl methyl sites for hydroxylation is 1. The van der Waals surface area contributed by atoms with Crippen LogP contribution in [0.15, 0.2) is 92.2 Å². The van der Waals surface area contributed by atoms with Gasteiger partial charge in [-0.05, 0) is 115 Å². The molecule has 2 aromatic heterocycles. The Bertz CT molecular complexity index is 2990. The van der Waals surface area contributed by atoms with Crippen molar-refractivity contribution in [3.8, 4) is 17.2 Å². The number of nitrogens with zero attached hydrogens (tertiary/aromatic N) is 2. The minimum atomic E-state index is -3.73. The molecule has 412 valence electrons. The topological polar surface area (TPSA) is 332 Å². The second-order valence-corrected chi connectivity index (χ2v) is 24.8. The fourth-order valence-corrected chi connectivity index (χ4v) is 12.5. The molecule has 13 atom stereocenters. The van der Waals surface area contributed by atoms with Gasteiger partial charge in [-0.1, -0.05) is 18.2 Å². The first-order chi connectivity index (χ1) is 35.1. The molecule has 2 fully saturated rings. The average Bonchev–Trinajstić information content (AvgIpc) is 3.69. The highest BCUT2D eigenvalue weighted by molar-refractivity contribution is 8.09. The molecular weight excluding hydrogens is 1070 g/mol. The van der Waals surface area contributed by atoms with Gasteiger partial charge in [-0.3, -0.25) is 38.3 Å². The molecule has 2 aromatic carbocycles. The first-order valence-corrected chi connectivity index (χ1v) is 28.8. The van der Waals surface area contributed by atoms with Crippen molar-refractivity contribution in [3.05, 3.63) is 120 Å². The lowest BCUT2D eigenvalue weighted by Gasteiger charge is -2.29. The summed E-state index contributed by atoms with van der Waals surface area (Å²) in [6.45, 7) is 4.00. The fourth-order valence-electron chi connectivity index (χ4n) is 7.64. The van der Waals surface area contributed by atoms with E-state index in [0.29, 0.717) is 17.1 Å². The number of hydrogen-bond acceptors (Lipinski definition) is 21. The van der Waals surface area contributed by atoms with E-state index in [0.717, 1.165) is 33.7 Å². The molecule has 0 amide bonds. The molecule has 2 aliphatic rings. The monoisotopic (exact) mass is 1130 g/mol. The summed E-state index contributed by atoms with van der Waals surface area (Å²) in [6, 6.07) is 13.1. The van der Waals surface area contributed by atoms with Crippen LogP contribution in [0.25, 0.3) is 0 Å². The maximum atomic E-state index is 13.5. The van der Waals surface area contributed by atoms with Gasteiger partial charge in [0.25, 0.3) is 11.1 Å². The zero-order valence-corrected chi connectivity index (χ0v) is 45.5. The molecule has 3 unspecified atom stereocenters. The van der Waals surface area contributed by atoms with Crippen LogP contribution in [0, 0.1) is 6.92 Å². The normalized spacial score (nSPS) is 26.4. The molecule has 8 N–H and O–H groups in total. The van der Waals surface area contributed by atoms with E-state index in [9.17, 15) is 49.2 Å². The van der Waals surface area contributed by atoms with Crippen LogP contribution in [0.4, 0.5) is 0 Å². The molecule has 25 nitrogen and oxygen atoms in total. The Balaban J connectivity index is 1.04. The number of ether oxygens (including phenoxy) is 5. The smallest absolute Gasteiger partial charge is 0.330 e. The van der Waals surface area contributed by atoms with Crippen LogP contribution < -0.4 is 46.5 Å². The number of hydrogen-bond donors (Lipinski definition) is 8. The van der Waals surface area contributed by atoms with Crippen LogP contribution in [0.2, 0.25) is 0 Å². The van der Waals surface area contributed by atoms with Gasteiger partial charge < -0.3 is 62.2 Å². The zero-order valence-electron chi connectivity index (χ0n) is 42.0. The maximum Gasteiger partial charge on any atom is 0.330 e. The van der Waals surface area contributed by atoms with Crippen LogP contribution >= 0.6 is 13.3 Å². The third-order valence-electron chi connectivity index (χ3n) is 11.8. The minimum absolute atomic E-state index is 0.0887. The summed E-state index contributed by atoms with van der Waals surface area (Å²) in [7, 11) is 0. The lowest BCUT2D eigenvalue weighted by molar-refractivity contribution is -0.150. The predicted octanol–water partition coefficient (Wildman–Crippen LogP) is 1.66. The van der Waals surface area contributed by atoms with Gasteiger partial charge in [-0.25, -0.2) is 19.8 Å². The standard InChI is InChI=1S/C46H62N6O19P2S2/c1-25(2)66-39(57)28(5)49-72(74,64-23-33-37(55)45(7,61)41(68-33)51-20-17-35(53)47-43(51)59)70-31-15-13-30(14-16-31)63-22-19-27(4)67-40(58)29(6)50-73(75,71-32-12-10-9-11-26(32)3)65-24-34-38(56)46(8,62)42(69-34)52-21-18-36(54)48-44(52)60/h9-18,20-21,25,27-29,33-34,37-38,41-42,55-56,61-62H,19,22-24H2,1-8H3,(H,49,74)(H,50,75)(H,47,53,59)(H,48,54,60)/t27?,28-,29-,33+,34+,37+,38+,41+,42+,45+,46+,72?,73?/m0/s1. The molecule has 0 bridgehead atoms. The van der Waals surface area contributed by atoms with Crippen molar-refractivity contribution in [2.75, 3.05) is 19.8 Å². The summed E-state index contributed by atoms with van der Waals surface area (Å²) >= 11 is 11.7. The van der Waals surface area contributed by atoms with E-state index in [2.05, 4.69) is 20.1 Å². The number of carbonyl (C=O) groups excluding carboxylic acids is 2. The Labute approximate surface area is 439 Å². The molecule has 6 rings (SSSR count). The summed E-state index contributed by atoms with van der Waals surface area (Å²) < 4.78 is 55.0. The number of esters is 2. The Morgan fingerprint density at radius 1 is 0.707 bits per heavy atom. The van der Waals surface area contributed by atoms with Crippen LogP contribution in [-0.2, 0) is 61.2 Å². The number of carbonyl (C=O) groups is 2. The third kappa shape index (κ3) is 15.0. The van der Waals surface area contributed by atoms with Crippen molar-refractivity contribution in [3.63, 3.8) is 0 Å². The highest BCUT2D eigenvalue weighted by atomic mass is 32.5. The fraction of sp³-hybridized carbons (Fsp3) is 0.522. The van der Waals surface area contributed by atoms with Gasteiger partial charge in [-0.2, -0.15) is 0 Å². The number of aliphatic hydroxyl groups is 4. The van der Waals surface area contributed by atoms with E-state index in [1.54, 1.807) is 64.1 Å². The summed E-state index contributed by atoms with van der Waals surface area (Å²) in [4.78, 5) is 78.9. The predicted molar refractivity (Wildman–Crippen MR) is 275 cm³/mol. The van der Waals surface area contributed by atoms with Gasteiger partial charge in [-0.15, -0.1) is 0 Å². The number of benzene rings is 2. The van der Waals surface area contributed by atoms with E-state index in [1.165, 1.54) is 39.8 Å². The summed E-state index contributed by atoms with van der Waals surface area (Å²) in [6.07, 6.45) is -7.24. The van der Waals surface area contributed by atoms with Gasteiger partial charge in [0.1, 0.15) is 71.1 Å². The van der Waals surface area contributed by atoms with Crippen molar-refractivity contribution < 1.29 is 71.8 Å².